The predicted molar refractivity (Wildman–Crippen MR) is 231 cm³/mol. The van der Waals surface area contributed by atoms with Crippen molar-refractivity contribution in [3.05, 3.63) is 207 Å². The van der Waals surface area contributed by atoms with Crippen molar-refractivity contribution in [2.24, 2.45) is 0 Å². The summed E-state index contributed by atoms with van der Waals surface area (Å²) in [5, 5.41) is 4.78. The van der Waals surface area contributed by atoms with E-state index in [2.05, 4.69) is 169 Å². The molecule has 4 nitrogen and oxygen atoms in total. The molecule has 0 bridgehead atoms. The van der Waals surface area contributed by atoms with Gasteiger partial charge in [0.05, 0.1) is 0 Å². The summed E-state index contributed by atoms with van der Waals surface area (Å²) < 4.78 is 0. The lowest BCUT2D eigenvalue weighted by atomic mass is 9.89. The average molecular weight is 715 g/mol. The van der Waals surface area contributed by atoms with E-state index in [0.29, 0.717) is 17.5 Å². The Labute approximate surface area is 325 Å². The first-order valence-corrected chi connectivity index (χ1v) is 18.8. The van der Waals surface area contributed by atoms with Crippen molar-refractivity contribution in [3.63, 3.8) is 0 Å². The third-order valence-corrected chi connectivity index (χ3v) is 10.4. The van der Waals surface area contributed by atoms with Gasteiger partial charge in [-0.1, -0.05) is 164 Å². The van der Waals surface area contributed by atoms with Crippen molar-refractivity contribution in [2.45, 2.75) is 0 Å². The lowest BCUT2D eigenvalue weighted by molar-refractivity contribution is 1.07. The molecular weight excluding hydrogens is 681 g/mol. The number of fused-ring (bicyclic) bond motifs is 2. The fraction of sp³-hybridized carbons (Fsp3) is 0. The molecular formula is C52H34N4. The summed E-state index contributed by atoms with van der Waals surface area (Å²) in [4.78, 5) is 19.8. The van der Waals surface area contributed by atoms with Gasteiger partial charge < -0.3 is 0 Å². The van der Waals surface area contributed by atoms with Crippen molar-refractivity contribution in [3.8, 4) is 78.7 Å². The maximum atomic E-state index is 5.22. The highest BCUT2D eigenvalue weighted by Gasteiger charge is 2.17. The second-order valence-electron chi connectivity index (χ2n) is 13.9. The Bertz CT molecular complexity index is 2930. The monoisotopic (exact) mass is 714 g/mol. The van der Waals surface area contributed by atoms with Crippen molar-refractivity contribution in [2.75, 3.05) is 0 Å². The van der Waals surface area contributed by atoms with Gasteiger partial charge in [-0.2, -0.15) is 0 Å². The number of nitrogens with zero attached hydrogens (tertiary/aromatic N) is 4. The molecule has 0 saturated carbocycles. The van der Waals surface area contributed by atoms with Gasteiger partial charge in [0.2, 0.25) is 0 Å². The van der Waals surface area contributed by atoms with Crippen LogP contribution in [0.1, 0.15) is 0 Å². The van der Waals surface area contributed by atoms with E-state index in [1.165, 1.54) is 32.7 Å². The van der Waals surface area contributed by atoms with Gasteiger partial charge in [0.15, 0.2) is 17.5 Å². The van der Waals surface area contributed by atoms with Crippen LogP contribution in [0.15, 0.2) is 207 Å². The zero-order valence-corrected chi connectivity index (χ0v) is 30.4. The third-order valence-electron chi connectivity index (χ3n) is 10.4. The summed E-state index contributed by atoms with van der Waals surface area (Å²) >= 11 is 0. The fourth-order valence-corrected chi connectivity index (χ4v) is 7.57. The van der Waals surface area contributed by atoms with E-state index in [9.17, 15) is 0 Å². The lowest BCUT2D eigenvalue weighted by Gasteiger charge is -2.16. The fourth-order valence-electron chi connectivity index (χ4n) is 7.57. The van der Waals surface area contributed by atoms with Gasteiger partial charge in [0.25, 0.3) is 0 Å². The van der Waals surface area contributed by atoms with Crippen LogP contribution in [0, 0.1) is 0 Å². The number of rotatable bonds is 7. The van der Waals surface area contributed by atoms with Crippen molar-refractivity contribution in [1.82, 2.24) is 19.9 Å². The summed E-state index contributed by atoms with van der Waals surface area (Å²) in [5.41, 5.74) is 11.7. The van der Waals surface area contributed by atoms with E-state index in [4.69, 9.17) is 15.0 Å². The molecule has 0 spiro atoms. The number of aromatic nitrogens is 4. The van der Waals surface area contributed by atoms with Crippen LogP contribution in [0.3, 0.4) is 0 Å². The quantitative estimate of drug-likeness (QED) is 0.154. The molecule has 0 aliphatic heterocycles. The molecule has 2 heterocycles. The highest BCUT2D eigenvalue weighted by Crippen LogP contribution is 2.40. The summed E-state index contributed by atoms with van der Waals surface area (Å²) in [6.07, 6.45) is 3.70. The number of hydrogen-bond acceptors (Lipinski definition) is 4. The summed E-state index contributed by atoms with van der Waals surface area (Å²) in [7, 11) is 0. The molecule has 0 amide bonds. The molecule has 10 rings (SSSR count). The minimum atomic E-state index is 0.612. The van der Waals surface area contributed by atoms with E-state index >= 15 is 0 Å². The Balaban J connectivity index is 1.19. The minimum absolute atomic E-state index is 0.612. The number of pyridine rings is 1. The van der Waals surface area contributed by atoms with E-state index in [1.54, 1.807) is 6.20 Å². The Kier molecular flexibility index (Phi) is 8.47. The first-order chi connectivity index (χ1) is 27.7. The van der Waals surface area contributed by atoms with Gasteiger partial charge in [-0.15, -0.1) is 0 Å². The molecule has 0 radical (unpaired) electrons. The Morgan fingerprint density at radius 1 is 0.268 bits per heavy atom. The number of benzene rings is 8. The topological polar surface area (TPSA) is 51.6 Å². The molecule has 0 atom stereocenters. The predicted octanol–water partition coefficient (Wildman–Crippen LogP) is 13.2. The van der Waals surface area contributed by atoms with Gasteiger partial charge in [-0.25, -0.2) is 15.0 Å². The van der Waals surface area contributed by atoms with E-state index < -0.39 is 0 Å². The van der Waals surface area contributed by atoms with Crippen LogP contribution >= 0.6 is 0 Å². The second kappa shape index (κ2) is 14.3. The SMILES string of the molecule is c1ccc(-c2ccc(-c3nc(-c4ccccc4)nc(-c4cc(-c5ccc(-c6cccnc6)cc5)cc(-c5c6ccccc6cc6ccccc56)c4)n3)cc2)cc1. The first kappa shape index (κ1) is 33.0. The van der Waals surface area contributed by atoms with Crippen LogP contribution < -0.4 is 0 Å². The smallest absolute Gasteiger partial charge is 0.164 e. The zero-order valence-electron chi connectivity index (χ0n) is 30.4. The van der Waals surface area contributed by atoms with Crippen LogP contribution in [0.25, 0.3) is 100 Å². The molecule has 0 aliphatic carbocycles. The minimum Gasteiger partial charge on any atom is -0.264 e. The molecule has 8 aromatic carbocycles. The van der Waals surface area contributed by atoms with Gasteiger partial charge in [0, 0.05) is 29.1 Å². The van der Waals surface area contributed by atoms with E-state index in [0.717, 1.165) is 50.1 Å². The lowest BCUT2D eigenvalue weighted by Crippen LogP contribution is -2.00. The molecule has 56 heavy (non-hydrogen) atoms. The maximum absolute atomic E-state index is 5.22. The average Bonchev–Trinajstić information content (AvgIpc) is 3.29. The number of hydrogen-bond donors (Lipinski definition) is 0. The van der Waals surface area contributed by atoms with Crippen LogP contribution in [-0.2, 0) is 0 Å². The van der Waals surface area contributed by atoms with Gasteiger partial charge in [0.1, 0.15) is 0 Å². The Hall–Kier alpha value is -7.56. The molecule has 0 N–H and O–H groups in total. The molecule has 2 aromatic heterocycles. The van der Waals surface area contributed by atoms with E-state index in [1.807, 2.05) is 36.5 Å². The summed E-state index contributed by atoms with van der Waals surface area (Å²) in [6, 6.07) is 68.1. The van der Waals surface area contributed by atoms with Crippen LogP contribution in [0.5, 0.6) is 0 Å². The van der Waals surface area contributed by atoms with Crippen LogP contribution in [0.4, 0.5) is 0 Å². The Morgan fingerprint density at radius 3 is 1.27 bits per heavy atom. The third kappa shape index (κ3) is 6.40. The molecule has 4 heteroatoms. The molecule has 262 valence electrons. The molecule has 0 saturated heterocycles. The van der Waals surface area contributed by atoms with Crippen LogP contribution in [0.2, 0.25) is 0 Å². The standard InChI is InChI=1S/C52H34N4/c1-3-12-35(13-4-1)36-25-27-40(28-26-36)51-54-50(39-14-5-2-6-15-39)55-52(56-51)46-32-44(38-23-21-37(22-24-38)43-18-11-29-53-34-43)31-45(33-46)49-47-19-9-7-16-41(47)30-42-17-8-10-20-48(42)49/h1-34H. The van der Waals surface area contributed by atoms with Gasteiger partial charge >= 0.3 is 0 Å². The summed E-state index contributed by atoms with van der Waals surface area (Å²) in [5.74, 6) is 1.86. The van der Waals surface area contributed by atoms with Gasteiger partial charge in [-0.3, -0.25) is 4.98 Å². The highest BCUT2D eigenvalue weighted by atomic mass is 15.0. The highest BCUT2D eigenvalue weighted by molar-refractivity contribution is 6.13. The summed E-state index contributed by atoms with van der Waals surface area (Å²) in [6.45, 7) is 0. The second-order valence-corrected chi connectivity index (χ2v) is 13.9. The normalized spacial score (nSPS) is 11.2. The zero-order chi connectivity index (χ0) is 37.3. The molecule has 10 aromatic rings. The van der Waals surface area contributed by atoms with Crippen LogP contribution in [-0.4, -0.2) is 19.9 Å². The van der Waals surface area contributed by atoms with Crippen molar-refractivity contribution < 1.29 is 0 Å². The first-order valence-electron chi connectivity index (χ1n) is 18.8. The Morgan fingerprint density at radius 2 is 0.679 bits per heavy atom. The molecule has 0 fully saturated rings. The van der Waals surface area contributed by atoms with E-state index in [-0.39, 0.29) is 0 Å². The molecule has 0 unspecified atom stereocenters. The van der Waals surface area contributed by atoms with Crippen molar-refractivity contribution >= 4 is 21.5 Å². The van der Waals surface area contributed by atoms with Crippen molar-refractivity contribution in [1.29, 1.82) is 0 Å². The largest absolute Gasteiger partial charge is 0.264 e. The molecule has 0 aliphatic rings. The van der Waals surface area contributed by atoms with Gasteiger partial charge in [-0.05, 0) is 96.4 Å². The maximum Gasteiger partial charge on any atom is 0.164 e.